The molecule has 2 bridgehead atoms. The maximum Gasteiger partial charge on any atom is 0.481 e. The van der Waals surface area contributed by atoms with Crippen molar-refractivity contribution in [2.75, 3.05) is 25.6 Å². The number of nitrogens with two attached hydrogens (primary N) is 1. The van der Waals surface area contributed by atoms with Crippen LogP contribution in [-0.2, 0) is 51.1 Å². The van der Waals surface area contributed by atoms with Gasteiger partial charge in [-0.1, -0.05) is 110 Å². The predicted octanol–water partition coefficient (Wildman–Crippen LogP) is 5.47. The highest BCUT2D eigenvalue weighted by Crippen LogP contribution is 2.60. The monoisotopic (exact) mass is 1050 g/mol. The van der Waals surface area contributed by atoms with E-state index in [0.29, 0.717) is 25.2 Å². The van der Waals surface area contributed by atoms with Crippen LogP contribution >= 0.6 is 15.6 Å². The zero-order valence-corrected chi connectivity index (χ0v) is 43.3. The number of hydrogen-bond acceptors (Lipinski definition) is 19. The number of anilines is 1. The van der Waals surface area contributed by atoms with Crippen LogP contribution in [-0.4, -0.2) is 125 Å². The fourth-order valence-corrected chi connectivity index (χ4v) is 10.5. The van der Waals surface area contributed by atoms with E-state index in [1.54, 1.807) is 0 Å². The van der Waals surface area contributed by atoms with Crippen LogP contribution < -0.4 is 11.4 Å². The zero-order valence-electron chi connectivity index (χ0n) is 41.5. The standard InChI is InChI=1S/C47H81N3O19P2/c1-4-5-13-19-33(51)23-24-36-38(53)28-39(54)37-27-34(52)20-16-17-22-43(56)67-35(29-64-42(55)21-15-12-10-8-6-7-9-11-14-18-32(2)3)30-65-70(60,61)69-71(62,63)66-31-40(45(58)44(36)57)68-46(37)50-26-25-41(48)49-47(50)59/h23-26,32-33,35-40,44-46,51,53-54,57-58H,4-22,27-31H2,1-3H3,(H,60,61)(H,62,63)(H2,48,49,59)/t33-,35+,36-,37-,38+,39-,40+,44-,45+,46+/m0/s1. The van der Waals surface area contributed by atoms with E-state index in [9.17, 15) is 63.6 Å². The van der Waals surface area contributed by atoms with Crippen molar-refractivity contribution in [3.63, 3.8) is 0 Å². The van der Waals surface area contributed by atoms with Gasteiger partial charge in [0.15, 0.2) is 6.10 Å². The van der Waals surface area contributed by atoms with Crippen LogP contribution in [0, 0.1) is 17.8 Å². The van der Waals surface area contributed by atoms with Gasteiger partial charge in [-0.25, -0.2) is 13.9 Å². The molecule has 1 aromatic rings. The predicted molar refractivity (Wildman–Crippen MR) is 259 cm³/mol. The van der Waals surface area contributed by atoms with Crippen LogP contribution in [0.2, 0.25) is 0 Å². The number of ether oxygens (including phenoxy) is 3. The van der Waals surface area contributed by atoms with Gasteiger partial charge in [0.25, 0.3) is 0 Å². The van der Waals surface area contributed by atoms with E-state index in [4.69, 9.17) is 29.0 Å². The molecule has 22 nitrogen and oxygen atoms in total. The summed E-state index contributed by atoms with van der Waals surface area (Å²) in [5, 5.41) is 57.3. The number of fused-ring (bicyclic) bond motifs is 3. The molecule has 24 heteroatoms. The number of ketones is 1. The van der Waals surface area contributed by atoms with Crippen molar-refractivity contribution in [3.8, 4) is 0 Å². The molecule has 1 aromatic heterocycles. The second kappa shape index (κ2) is 32.4. The van der Waals surface area contributed by atoms with Gasteiger partial charge in [0.05, 0.1) is 37.6 Å². The third-order valence-electron chi connectivity index (χ3n) is 12.5. The minimum absolute atomic E-state index is 0.0558. The van der Waals surface area contributed by atoms with Crippen molar-refractivity contribution >= 4 is 39.2 Å². The number of phosphoric ester groups is 2. The van der Waals surface area contributed by atoms with Gasteiger partial charge in [0, 0.05) is 50.1 Å². The van der Waals surface area contributed by atoms with Crippen molar-refractivity contribution in [3.05, 3.63) is 34.9 Å². The molecule has 2 unspecified atom stereocenters. The number of aliphatic hydroxyl groups is 5. The lowest BCUT2D eigenvalue weighted by atomic mass is 9.82. The first-order chi connectivity index (χ1) is 33.6. The summed E-state index contributed by atoms with van der Waals surface area (Å²) in [5.41, 5.74) is 4.66. The third-order valence-corrected chi connectivity index (χ3v) is 15.1. The second-order valence-electron chi connectivity index (χ2n) is 19.1. The molecule has 0 spiro atoms. The second-order valence-corrected chi connectivity index (χ2v) is 22.2. The van der Waals surface area contributed by atoms with Gasteiger partial charge in [0.1, 0.15) is 36.6 Å². The first kappa shape index (κ1) is 62.3. The summed E-state index contributed by atoms with van der Waals surface area (Å²) in [5.74, 6) is -4.45. The Labute approximate surface area is 416 Å². The largest absolute Gasteiger partial charge is 0.481 e. The molecule has 0 aromatic carbocycles. The number of carbonyl (C=O) groups is 3. The van der Waals surface area contributed by atoms with Crippen LogP contribution in [0.25, 0.3) is 0 Å². The Morgan fingerprint density at radius 3 is 2.14 bits per heavy atom. The minimum atomic E-state index is -5.75. The fraction of sp³-hybridized carbons (Fsp3) is 0.809. The van der Waals surface area contributed by atoms with E-state index in [1.807, 2.05) is 6.92 Å². The summed E-state index contributed by atoms with van der Waals surface area (Å²) >= 11 is 0. The number of nitrogens with zero attached hydrogens (tertiary/aromatic N) is 2. The number of carbonyl (C=O) groups excluding carboxylic acids is 3. The SMILES string of the molecule is CCCCC[C@H](O)C=C[C@@H]1[C@H](O)[C@H](O)[C@H]2COP(=O)(O)OP(=O)(O)OC[C@@H](COC(=O)CCCCCCCCCCCC(C)C)OC(=O)CCCCC(=O)C[C@H]([C@H](n3ccc(N)nc3=O)O2)[C@@H](O)C[C@H]1O. The lowest BCUT2D eigenvalue weighted by Crippen LogP contribution is -2.52. The summed E-state index contributed by atoms with van der Waals surface area (Å²) in [7, 11) is -11.4. The Bertz CT molecular complexity index is 1940. The Balaban J connectivity index is 1.85. The molecule has 0 amide bonds. The van der Waals surface area contributed by atoms with Gasteiger partial charge in [-0.2, -0.15) is 9.29 Å². The highest BCUT2D eigenvalue weighted by atomic mass is 31.3. The number of cyclic esters (lactones) is 1. The number of aliphatic hydroxyl groups excluding tert-OH is 5. The van der Waals surface area contributed by atoms with E-state index in [2.05, 4.69) is 23.1 Å². The molecular weight excluding hydrogens is 972 g/mol. The molecular formula is C47H81N3O19P2. The number of phosphoric acid groups is 2. The smallest absolute Gasteiger partial charge is 0.462 e. The molecule has 408 valence electrons. The van der Waals surface area contributed by atoms with Gasteiger partial charge in [-0.3, -0.25) is 28.0 Å². The quantitative estimate of drug-likeness (QED) is 0.0327. The van der Waals surface area contributed by atoms with Crippen molar-refractivity contribution in [1.82, 2.24) is 9.55 Å². The van der Waals surface area contributed by atoms with Crippen molar-refractivity contribution in [1.29, 1.82) is 0 Å². The molecule has 3 heterocycles. The Hall–Kier alpha value is -2.95. The van der Waals surface area contributed by atoms with Crippen LogP contribution in [0.4, 0.5) is 5.82 Å². The molecule has 2 saturated heterocycles. The Morgan fingerprint density at radius 1 is 0.873 bits per heavy atom. The summed E-state index contributed by atoms with van der Waals surface area (Å²) in [6, 6.07) is 1.18. The number of rotatable bonds is 21. The number of nitrogen functional groups attached to an aromatic ring is 1. The van der Waals surface area contributed by atoms with E-state index in [-0.39, 0.29) is 37.9 Å². The summed E-state index contributed by atoms with van der Waals surface area (Å²) < 4.78 is 58.6. The molecule has 2 aliphatic rings. The highest BCUT2D eigenvalue weighted by Gasteiger charge is 2.45. The maximum absolute atomic E-state index is 13.7. The van der Waals surface area contributed by atoms with Crippen LogP contribution in [0.15, 0.2) is 29.2 Å². The highest BCUT2D eigenvalue weighted by molar-refractivity contribution is 7.61. The van der Waals surface area contributed by atoms with Crippen LogP contribution in [0.3, 0.4) is 0 Å². The summed E-state index contributed by atoms with van der Waals surface area (Å²) in [6.45, 7) is 3.56. The van der Waals surface area contributed by atoms with E-state index in [0.717, 1.165) is 55.7 Å². The summed E-state index contributed by atoms with van der Waals surface area (Å²) in [6.07, 6.45) is 1.40. The van der Waals surface area contributed by atoms with Gasteiger partial charge in [0.2, 0.25) is 0 Å². The molecule has 3 rings (SSSR count). The number of Topliss-reactive ketones (excluding diaryl/α,β-unsaturated/α-hetero) is 1. The third kappa shape index (κ3) is 24.3. The molecule has 2 fully saturated rings. The molecule has 0 radical (unpaired) electrons. The first-order valence-corrected chi connectivity index (χ1v) is 28.2. The van der Waals surface area contributed by atoms with Crippen molar-refractivity contribution < 1.29 is 86.4 Å². The normalized spacial score (nSPS) is 30.8. The average Bonchev–Trinajstić information content (AvgIpc) is 3.29. The number of hydrogen-bond donors (Lipinski definition) is 8. The van der Waals surface area contributed by atoms with Gasteiger partial charge in [-0.15, -0.1) is 0 Å². The van der Waals surface area contributed by atoms with Crippen molar-refractivity contribution in [2.45, 2.75) is 205 Å². The van der Waals surface area contributed by atoms with Crippen molar-refractivity contribution in [2.24, 2.45) is 17.8 Å². The van der Waals surface area contributed by atoms with Crippen LogP contribution in [0.5, 0.6) is 0 Å². The molecule has 2 aliphatic heterocycles. The minimum Gasteiger partial charge on any atom is -0.462 e. The molecule has 0 aliphatic carbocycles. The van der Waals surface area contributed by atoms with Gasteiger partial charge >= 0.3 is 33.3 Å². The maximum atomic E-state index is 13.7. The Kier molecular flexibility index (Phi) is 28.4. The lowest BCUT2D eigenvalue weighted by Gasteiger charge is -2.40. The van der Waals surface area contributed by atoms with Crippen LogP contribution in [0.1, 0.15) is 162 Å². The number of aromatic nitrogens is 2. The van der Waals surface area contributed by atoms with E-state index < -0.39 is 133 Å². The molecule has 9 N–H and O–H groups in total. The zero-order chi connectivity index (χ0) is 52.6. The average molecular weight is 1050 g/mol. The number of esters is 2. The topological polar surface area (TPSA) is 343 Å². The van der Waals surface area contributed by atoms with Gasteiger partial charge < -0.3 is 55.3 Å². The molecule has 0 saturated carbocycles. The molecule has 71 heavy (non-hydrogen) atoms. The Morgan fingerprint density at radius 2 is 1.49 bits per heavy atom. The lowest BCUT2D eigenvalue weighted by molar-refractivity contribution is -0.196. The van der Waals surface area contributed by atoms with Gasteiger partial charge in [-0.05, 0) is 37.7 Å². The summed E-state index contributed by atoms with van der Waals surface area (Å²) in [4.78, 5) is 77.7. The van der Waals surface area contributed by atoms with E-state index >= 15 is 0 Å². The first-order valence-electron chi connectivity index (χ1n) is 25.2. The molecule has 12 atom stereocenters. The number of unbranched alkanes of at least 4 members (excludes halogenated alkanes) is 10. The fourth-order valence-electron chi connectivity index (χ4n) is 8.43. The van der Waals surface area contributed by atoms with E-state index in [1.165, 1.54) is 43.9 Å².